The lowest BCUT2D eigenvalue weighted by Crippen LogP contribution is -2.43. The number of halogens is 2. The van der Waals surface area contributed by atoms with Crippen molar-refractivity contribution < 1.29 is 18.3 Å². The second kappa shape index (κ2) is 9.99. The topological polar surface area (TPSA) is 103 Å². The van der Waals surface area contributed by atoms with E-state index in [2.05, 4.69) is 34.8 Å². The van der Waals surface area contributed by atoms with Gasteiger partial charge in [-0.05, 0) is 56.9 Å². The molecule has 0 unspecified atom stereocenters. The predicted molar refractivity (Wildman–Crippen MR) is 135 cm³/mol. The Labute approximate surface area is 217 Å². The largest absolute Gasteiger partial charge is 0.434 e. The molecule has 3 aromatic heterocycles. The van der Waals surface area contributed by atoms with E-state index < -0.39 is 6.61 Å². The zero-order valence-electron chi connectivity index (χ0n) is 20.9. The molecular weight excluding hydrogens is 494 g/mol. The van der Waals surface area contributed by atoms with E-state index in [0.29, 0.717) is 35.8 Å². The molecule has 1 aliphatic heterocycles. The summed E-state index contributed by atoms with van der Waals surface area (Å²) in [4.78, 5) is 24.1. The molecule has 0 radical (unpaired) electrons. The Bertz CT molecular complexity index is 1460. The van der Waals surface area contributed by atoms with Crippen LogP contribution in [0.15, 0.2) is 42.7 Å². The smallest absolute Gasteiger partial charge is 0.387 e. The van der Waals surface area contributed by atoms with Gasteiger partial charge in [0.25, 0.3) is 0 Å². The van der Waals surface area contributed by atoms with Gasteiger partial charge >= 0.3 is 6.61 Å². The lowest BCUT2D eigenvalue weighted by atomic mass is 9.85. The molecule has 0 bridgehead atoms. The van der Waals surface area contributed by atoms with Crippen molar-refractivity contribution in [1.29, 1.82) is 0 Å². The van der Waals surface area contributed by atoms with Crippen molar-refractivity contribution in [3.05, 3.63) is 54.4 Å². The number of carbonyl (C=O) groups excluding carboxylic acids is 1. The molecule has 198 valence electrons. The van der Waals surface area contributed by atoms with Gasteiger partial charge in [-0.3, -0.25) is 4.79 Å². The van der Waals surface area contributed by atoms with E-state index in [1.807, 2.05) is 22.5 Å². The van der Waals surface area contributed by atoms with E-state index in [0.717, 1.165) is 43.9 Å². The number of carbonyl (C=O) groups is 1. The molecule has 1 saturated carbocycles. The van der Waals surface area contributed by atoms with Crippen LogP contribution in [0, 0.1) is 12.8 Å². The summed E-state index contributed by atoms with van der Waals surface area (Å²) in [6.07, 6.45) is 6.72. The quantitative estimate of drug-likeness (QED) is 0.409. The summed E-state index contributed by atoms with van der Waals surface area (Å²) < 4.78 is 34.1. The number of alkyl halides is 2. The number of hydrogen-bond acceptors (Lipinski definition) is 7. The summed E-state index contributed by atoms with van der Waals surface area (Å²) in [5.41, 5.74) is 0.706. The Hall–Kier alpha value is -4.09. The Balaban J connectivity index is 1.09. The zero-order valence-corrected chi connectivity index (χ0v) is 20.9. The first kappa shape index (κ1) is 24.3. The minimum absolute atomic E-state index is 0.00626. The molecule has 6 rings (SSSR count). The van der Waals surface area contributed by atoms with Gasteiger partial charge in [-0.25, -0.2) is 4.98 Å². The first-order valence-electron chi connectivity index (χ1n) is 12.8. The Kier molecular flexibility index (Phi) is 6.38. The highest BCUT2D eigenvalue weighted by molar-refractivity contribution is 5.87. The molecule has 1 fully saturated rings. The van der Waals surface area contributed by atoms with Crippen LogP contribution in [-0.2, 0) is 17.9 Å². The molecule has 1 N–H and O–H groups in total. The summed E-state index contributed by atoms with van der Waals surface area (Å²) >= 11 is 0. The summed E-state index contributed by atoms with van der Waals surface area (Å²) in [6.45, 7) is 0.983. The summed E-state index contributed by atoms with van der Waals surface area (Å²) in [5.74, 6) is 3.17. The number of aryl methyl sites for hydroxylation is 1. The molecule has 1 aromatic carbocycles. The first-order chi connectivity index (χ1) is 18.5. The average Bonchev–Trinajstić information content (AvgIpc) is 3.53. The monoisotopic (exact) mass is 522 g/mol. The van der Waals surface area contributed by atoms with E-state index in [4.69, 9.17) is 0 Å². The van der Waals surface area contributed by atoms with Crippen molar-refractivity contribution in [2.75, 3.05) is 11.9 Å². The zero-order chi connectivity index (χ0) is 26.2. The summed E-state index contributed by atoms with van der Waals surface area (Å²) in [5, 5.41) is 12.3. The molecule has 38 heavy (non-hydrogen) atoms. The lowest BCUT2D eigenvalue weighted by molar-refractivity contribution is -0.138. The van der Waals surface area contributed by atoms with Crippen molar-refractivity contribution in [3.63, 3.8) is 0 Å². The Morgan fingerprint density at radius 1 is 1.11 bits per heavy atom. The SMILES string of the molecule is Cc1nnc2n1CCN(C(=O)C1CCC(Nc3nccc(-n4ccc5c(OC(F)F)cccc54)n3)CC1)C2. The van der Waals surface area contributed by atoms with Gasteiger partial charge in [0.05, 0.1) is 12.1 Å². The van der Waals surface area contributed by atoms with Gasteiger partial charge in [-0.2, -0.15) is 13.8 Å². The molecule has 4 aromatic rings. The van der Waals surface area contributed by atoms with E-state index in [1.54, 1.807) is 30.6 Å². The highest BCUT2D eigenvalue weighted by Gasteiger charge is 2.32. The Morgan fingerprint density at radius 2 is 1.95 bits per heavy atom. The van der Waals surface area contributed by atoms with E-state index in [-0.39, 0.29) is 23.6 Å². The lowest BCUT2D eigenvalue weighted by Gasteiger charge is -2.34. The molecule has 10 nitrogen and oxygen atoms in total. The van der Waals surface area contributed by atoms with Gasteiger partial charge in [0.15, 0.2) is 5.82 Å². The Morgan fingerprint density at radius 3 is 2.76 bits per heavy atom. The number of rotatable bonds is 6. The van der Waals surface area contributed by atoms with Crippen LogP contribution in [0.25, 0.3) is 16.7 Å². The third-order valence-corrected chi connectivity index (χ3v) is 7.46. The molecule has 0 saturated heterocycles. The number of nitrogens with zero attached hydrogens (tertiary/aromatic N) is 7. The molecule has 12 heteroatoms. The molecule has 2 aliphatic rings. The maximum absolute atomic E-state index is 13.2. The normalized spacial score (nSPS) is 19.5. The van der Waals surface area contributed by atoms with E-state index in [9.17, 15) is 13.6 Å². The number of nitrogens with one attached hydrogen (secondary N) is 1. The van der Waals surface area contributed by atoms with E-state index >= 15 is 0 Å². The molecule has 1 amide bonds. The van der Waals surface area contributed by atoms with Crippen LogP contribution in [-0.4, -0.2) is 59.3 Å². The van der Waals surface area contributed by atoms with Gasteiger partial charge in [0.1, 0.15) is 17.4 Å². The van der Waals surface area contributed by atoms with Crippen LogP contribution < -0.4 is 10.1 Å². The van der Waals surface area contributed by atoms with Crippen LogP contribution in [0.3, 0.4) is 0 Å². The van der Waals surface area contributed by atoms with E-state index in [1.165, 1.54) is 6.07 Å². The summed E-state index contributed by atoms with van der Waals surface area (Å²) in [6, 6.07) is 8.68. The van der Waals surface area contributed by atoms with Crippen molar-refractivity contribution in [2.24, 2.45) is 5.92 Å². The molecular formula is C26H28F2N8O2. The molecule has 0 atom stereocenters. The number of anilines is 1. The third-order valence-electron chi connectivity index (χ3n) is 7.46. The molecule has 4 heterocycles. The standard InChI is InChI=1S/C26H28F2N8O2/c1-16-32-33-23-15-34(13-14-35(16)23)24(37)17-5-7-18(8-6-17)30-26-29-11-9-22(31-26)36-12-10-19-20(36)3-2-4-21(19)38-25(27)28/h2-4,9-12,17-18,25H,5-8,13-15H2,1H3,(H,29,30,31). The van der Waals surface area contributed by atoms with Gasteiger partial charge in [0.2, 0.25) is 11.9 Å². The summed E-state index contributed by atoms with van der Waals surface area (Å²) in [7, 11) is 0. The fraction of sp³-hybridized carbons (Fsp3) is 0.423. The van der Waals surface area contributed by atoms with Gasteiger partial charge in [0, 0.05) is 42.8 Å². The highest BCUT2D eigenvalue weighted by atomic mass is 19.3. The van der Waals surface area contributed by atoms with Crippen molar-refractivity contribution >= 4 is 22.8 Å². The maximum atomic E-state index is 13.2. The number of amides is 1. The van der Waals surface area contributed by atoms with Crippen LogP contribution in [0.4, 0.5) is 14.7 Å². The minimum Gasteiger partial charge on any atom is -0.434 e. The highest BCUT2D eigenvalue weighted by Crippen LogP contribution is 2.31. The maximum Gasteiger partial charge on any atom is 0.387 e. The van der Waals surface area contributed by atoms with Crippen molar-refractivity contribution in [1.82, 2.24) is 34.2 Å². The number of fused-ring (bicyclic) bond motifs is 2. The van der Waals surface area contributed by atoms with Crippen LogP contribution in [0.2, 0.25) is 0 Å². The predicted octanol–water partition coefficient (Wildman–Crippen LogP) is 3.93. The van der Waals surface area contributed by atoms with Gasteiger partial charge in [-0.15, -0.1) is 10.2 Å². The first-order valence-corrected chi connectivity index (χ1v) is 12.8. The van der Waals surface area contributed by atoms with Crippen LogP contribution in [0.5, 0.6) is 5.75 Å². The number of benzene rings is 1. The molecule has 0 spiro atoms. The number of hydrogen-bond donors (Lipinski definition) is 1. The van der Waals surface area contributed by atoms with Gasteiger partial charge < -0.3 is 24.1 Å². The average molecular weight is 523 g/mol. The third kappa shape index (κ3) is 4.66. The van der Waals surface area contributed by atoms with Crippen LogP contribution in [0.1, 0.15) is 37.3 Å². The second-order valence-corrected chi connectivity index (χ2v) is 9.76. The van der Waals surface area contributed by atoms with Crippen molar-refractivity contribution in [3.8, 4) is 11.6 Å². The van der Waals surface area contributed by atoms with Crippen LogP contribution >= 0.6 is 0 Å². The second-order valence-electron chi connectivity index (χ2n) is 9.76. The fourth-order valence-corrected chi connectivity index (χ4v) is 5.51. The molecule has 1 aliphatic carbocycles. The van der Waals surface area contributed by atoms with Gasteiger partial charge in [-0.1, -0.05) is 6.07 Å². The number of aromatic nitrogens is 6. The fourth-order valence-electron chi connectivity index (χ4n) is 5.51. The van der Waals surface area contributed by atoms with Crippen molar-refractivity contribution in [2.45, 2.75) is 58.3 Å². The minimum atomic E-state index is -2.89. The number of ether oxygens (including phenoxy) is 1.